The number of hydrazone groups is 1. The van der Waals surface area contributed by atoms with Gasteiger partial charge >= 0.3 is 12.4 Å². The average Bonchev–Trinajstić information content (AvgIpc) is 3.20. The van der Waals surface area contributed by atoms with E-state index in [4.69, 9.17) is 0 Å². The van der Waals surface area contributed by atoms with E-state index in [9.17, 15) is 35.1 Å². The van der Waals surface area contributed by atoms with Gasteiger partial charge in [0.2, 0.25) is 0 Å². The van der Waals surface area contributed by atoms with Crippen molar-refractivity contribution in [1.82, 2.24) is 15.0 Å². The molecule has 3 aromatic rings. The summed E-state index contributed by atoms with van der Waals surface area (Å²) in [5.74, 6) is -1.90. The van der Waals surface area contributed by atoms with Gasteiger partial charge in [0.05, 0.1) is 35.1 Å². The van der Waals surface area contributed by atoms with Gasteiger partial charge < -0.3 is 4.98 Å². The molecule has 1 N–H and O–H groups in total. The number of nitrogens with one attached hydrogen (secondary N) is 1. The predicted octanol–water partition coefficient (Wildman–Crippen LogP) is 6.56. The second kappa shape index (κ2) is 9.31. The maximum atomic E-state index is 14.1. The minimum atomic E-state index is -4.90. The third kappa shape index (κ3) is 5.46. The number of H-pyrrole nitrogens is 1. The number of aromatic nitrogens is 2. The largest absolute Gasteiger partial charge is 0.416 e. The quantitative estimate of drug-likeness (QED) is 0.306. The van der Waals surface area contributed by atoms with Crippen molar-refractivity contribution in [3.63, 3.8) is 0 Å². The van der Waals surface area contributed by atoms with Crippen LogP contribution in [0.15, 0.2) is 41.5 Å². The summed E-state index contributed by atoms with van der Waals surface area (Å²) >= 11 is 0. The molecule has 1 aliphatic heterocycles. The van der Waals surface area contributed by atoms with E-state index < -0.39 is 35.1 Å². The minimum Gasteiger partial charge on any atom is -0.340 e. The van der Waals surface area contributed by atoms with Gasteiger partial charge in [-0.15, -0.1) is 0 Å². The summed E-state index contributed by atoms with van der Waals surface area (Å²) in [7, 11) is 0. The lowest BCUT2D eigenvalue weighted by Crippen LogP contribution is -2.23. The van der Waals surface area contributed by atoms with Crippen molar-refractivity contribution in [1.29, 1.82) is 0 Å². The summed E-state index contributed by atoms with van der Waals surface area (Å²) in [5.41, 5.74) is -1.80. The minimum absolute atomic E-state index is 0.0311. The Kier molecular flexibility index (Phi) is 6.56. The first-order valence-corrected chi connectivity index (χ1v) is 10.5. The molecule has 35 heavy (non-hydrogen) atoms. The Labute approximate surface area is 194 Å². The molecule has 4 rings (SSSR count). The highest BCUT2D eigenvalue weighted by molar-refractivity contribution is 5.80. The topological polar surface area (TPSA) is 44.3 Å². The number of rotatable bonds is 6. The molecule has 12 heteroatoms. The van der Waals surface area contributed by atoms with Gasteiger partial charge in [0.15, 0.2) is 11.6 Å². The highest BCUT2D eigenvalue weighted by atomic mass is 19.4. The molecule has 0 bridgehead atoms. The number of fused-ring (bicyclic) bond motifs is 1. The third-order valence-corrected chi connectivity index (χ3v) is 5.56. The Morgan fingerprint density at radius 1 is 0.943 bits per heavy atom. The van der Waals surface area contributed by atoms with Crippen LogP contribution in [-0.2, 0) is 25.3 Å². The number of aromatic amines is 1. The summed E-state index contributed by atoms with van der Waals surface area (Å²) < 4.78 is 106. The van der Waals surface area contributed by atoms with Gasteiger partial charge in [-0.1, -0.05) is 12.1 Å². The van der Waals surface area contributed by atoms with Crippen LogP contribution in [0.25, 0.3) is 11.4 Å². The van der Waals surface area contributed by atoms with Crippen molar-refractivity contribution in [3.8, 4) is 11.4 Å². The number of nitrogens with zero attached hydrogens (tertiary/aromatic N) is 3. The van der Waals surface area contributed by atoms with E-state index in [1.807, 2.05) is 0 Å². The van der Waals surface area contributed by atoms with Crippen molar-refractivity contribution in [2.75, 3.05) is 6.54 Å². The molecule has 0 radical (unpaired) electrons. The fourth-order valence-corrected chi connectivity index (χ4v) is 3.81. The smallest absolute Gasteiger partial charge is 0.340 e. The Bertz CT molecular complexity index is 1240. The van der Waals surface area contributed by atoms with E-state index in [1.54, 1.807) is 5.01 Å². The molecular formula is C23H18F8N4. The normalized spacial score (nSPS) is 13.9. The summed E-state index contributed by atoms with van der Waals surface area (Å²) in [4.78, 5) is 7.16. The zero-order chi connectivity index (χ0) is 25.4. The van der Waals surface area contributed by atoms with Crippen molar-refractivity contribution in [2.45, 2.75) is 38.2 Å². The first kappa shape index (κ1) is 24.7. The Balaban J connectivity index is 1.37. The number of hydrogen-bond acceptors (Lipinski definition) is 3. The molecule has 0 spiro atoms. The second-order valence-corrected chi connectivity index (χ2v) is 8.01. The van der Waals surface area contributed by atoms with E-state index in [-0.39, 0.29) is 42.4 Å². The molecule has 4 nitrogen and oxygen atoms in total. The van der Waals surface area contributed by atoms with Crippen LogP contribution in [0.3, 0.4) is 0 Å². The number of unbranched alkanes of at least 4 members (excludes halogenated alkanes) is 1. The van der Waals surface area contributed by atoms with Crippen LogP contribution in [0.4, 0.5) is 35.1 Å². The molecule has 1 aromatic heterocycles. The highest BCUT2D eigenvalue weighted by Crippen LogP contribution is 2.37. The monoisotopic (exact) mass is 502 g/mol. The number of imidazole rings is 1. The fourth-order valence-electron chi connectivity index (χ4n) is 3.81. The highest BCUT2D eigenvalue weighted by Gasteiger charge is 2.37. The summed E-state index contributed by atoms with van der Waals surface area (Å²) in [6, 6.07) is 5.40. The standard InChI is InChI=1S/C23H18F8N4/c24-17-6-3-5-15(20(17)25)21-33-18-11-32-35(12-19(18)34-21)9-2-1-4-13-7-8-14(22(26,27)28)10-16(13)23(29,30)31/h3,5-8,10-11H,1-2,4,9,12H2,(H,33,34). The van der Waals surface area contributed by atoms with Crippen LogP contribution in [0, 0.1) is 11.6 Å². The maximum absolute atomic E-state index is 14.1. The van der Waals surface area contributed by atoms with Gasteiger partial charge in [-0.2, -0.15) is 31.4 Å². The van der Waals surface area contributed by atoms with Crippen molar-refractivity contribution in [3.05, 3.63) is 76.1 Å². The van der Waals surface area contributed by atoms with E-state index in [1.165, 1.54) is 18.3 Å². The maximum Gasteiger partial charge on any atom is 0.416 e. The van der Waals surface area contributed by atoms with Gasteiger partial charge in [0, 0.05) is 6.54 Å². The molecule has 0 atom stereocenters. The van der Waals surface area contributed by atoms with E-state index in [0.29, 0.717) is 30.4 Å². The lowest BCUT2D eigenvalue weighted by molar-refractivity contribution is -0.143. The molecule has 0 saturated heterocycles. The van der Waals surface area contributed by atoms with Gasteiger partial charge in [-0.05, 0) is 49.1 Å². The fraction of sp³-hybridized carbons (Fsp3) is 0.304. The van der Waals surface area contributed by atoms with Crippen LogP contribution in [0.2, 0.25) is 0 Å². The molecule has 0 fully saturated rings. The second-order valence-electron chi connectivity index (χ2n) is 8.01. The zero-order valence-electron chi connectivity index (χ0n) is 17.9. The SMILES string of the molecule is Fc1cccc(-c2nc3c([nH]2)CN(CCCCc2ccc(C(F)(F)F)cc2C(F)(F)F)N=C3)c1F. The predicted molar refractivity (Wildman–Crippen MR) is 111 cm³/mol. The number of benzene rings is 2. The lowest BCUT2D eigenvalue weighted by atomic mass is 9.98. The van der Waals surface area contributed by atoms with Crippen LogP contribution < -0.4 is 0 Å². The zero-order valence-corrected chi connectivity index (χ0v) is 17.9. The van der Waals surface area contributed by atoms with Gasteiger partial charge in [-0.25, -0.2) is 13.8 Å². The molecule has 1 aliphatic rings. The Hall–Kier alpha value is -3.44. The van der Waals surface area contributed by atoms with Crippen LogP contribution >= 0.6 is 0 Å². The first-order chi connectivity index (χ1) is 16.4. The Morgan fingerprint density at radius 2 is 1.71 bits per heavy atom. The van der Waals surface area contributed by atoms with Gasteiger partial charge in [0.25, 0.3) is 0 Å². The van der Waals surface area contributed by atoms with Crippen LogP contribution in [-0.4, -0.2) is 27.7 Å². The summed E-state index contributed by atoms with van der Waals surface area (Å²) in [6.07, 6.45) is -7.67. The molecule has 186 valence electrons. The third-order valence-electron chi connectivity index (χ3n) is 5.56. The van der Waals surface area contributed by atoms with Crippen molar-refractivity contribution >= 4 is 6.21 Å². The van der Waals surface area contributed by atoms with Crippen molar-refractivity contribution < 1.29 is 35.1 Å². The van der Waals surface area contributed by atoms with Gasteiger partial charge in [-0.3, -0.25) is 5.01 Å². The molecule has 0 amide bonds. The average molecular weight is 502 g/mol. The Morgan fingerprint density at radius 3 is 2.43 bits per heavy atom. The first-order valence-electron chi connectivity index (χ1n) is 10.5. The number of aryl methyl sites for hydroxylation is 1. The van der Waals surface area contributed by atoms with Gasteiger partial charge in [0.1, 0.15) is 11.5 Å². The molecule has 2 heterocycles. The van der Waals surface area contributed by atoms with E-state index in [2.05, 4.69) is 15.1 Å². The van der Waals surface area contributed by atoms with Crippen molar-refractivity contribution in [2.24, 2.45) is 5.10 Å². The summed E-state index contributed by atoms with van der Waals surface area (Å²) in [5, 5.41) is 5.84. The van der Waals surface area contributed by atoms with Crippen LogP contribution in [0.1, 0.15) is 40.9 Å². The molecule has 0 unspecified atom stereocenters. The molecular weight excluding hydrogens is 484 g/mol. The molecule has 0 saturated carbocycles. The molecule has 0 aliphatic carbocycles. The number of alkyl halides is 6. The van der Waals surface area contributed by atoms with E-state index >= 15 is 0 Å². The number of halogens is 8. The van der Waals surface area contributed by atoms with Crippen LogP contribution in [0.5, 0.6) is 0 Å². The number of hydrogen-bond donors (Lipinski definition) is 1. The lowest BCUT2D eigenvalue weighted by Gasteiger charge is -2.21. The molecule has 2 aromatic carbocycles. The van der Waals surface area contributed by atoms with E-state index in [0.717, 1.165) is 12.1 Å². The summed E-state index contributed by atoms with van der Waals surface area (Å²) in [6.45, 7) is 0.629.